The number of nitrogens with zero attached hydrogens (tertiary/aromatic N) is 1. The van der Waals surface area contributed by atoms with Crippen molar-refractivity contribution >= 4 is 36.4 Å². The Hall–Kier alpha value is -1.17. The Morgan fingerprint density at radius 1 is 1.11 bits per heavy atom. The summed E-state index contributed by atoms with van der Waals surface area (Å²) in [4.78, 5) is 0. The van der Waals surface area contributed by atoms with Gasteiger partial charge in [-0.2, -0.15) is 0 Å². The number of piperidine rings is 1. The first kappa shape index (κ1) is 23.9. The summed E-state index contributed by atoms with van der Waals surface area (Å²) in [6, 6.07) is 14.1. The predicted octanol–water partition coefficient (Wildman–Crippen LogP) is 5.07. The van der Waals surface area contributed by atoms with Gasteiger partial charge in [0.05, 0.1) is 20.3 Å². The minimum Gasteiger partial charge on any atom is -0.497 e. The van der Waals surface area contributed by atoms with Crippen molar-refractivity contribution in [3.05, 3.63) is 58.6 Å². The Balaban J connectivity index is 0.00000182. The zero-order chi connectivity index (χ0) is 17.8. The molecule has 0 spiro atoms. The van der Waals surface area contributed by atoms with Gasteiger partial charge in [0.1, 0.15) is 11.5 Å². The number of methoxy groups -OCH3 is 2. The van der Waals surface area contributed by atoms with Crippen LogP contribution in [-0.2, 0) is 6.42 Å². The van der Waals surface area contributed by atoms with Gasteiger partial charge in [0.2, 0.25) is 0 Å². The Bertz CT molecular complexity index is 730. The molecule has 1 saturated heterocycles. The molecule has 0 aliphatic carbocycles. The van der Waals surface area contributed by atoms with Gasteiger partial charge in [-0.05, 0) is 66.6 Å². The number of hydrazine groups is 1. The molecular weight excluding hydrogens is 407 g/mol. The average molecular weight is 434 g/mol. The van der Waals surface area contributed by atoms with Gasteiger partial charge >= 0.3 is 0 Å². The summed E-state index contributed by atoms with van der Waals surface area (Å²) >= 11 is 6.21. The van der Waals surface area contributed by atoms with E-state index in [4.69, 9.17) is 26.9 Å². The van der Waals surface area contributed by atoms with Crippen LogP contribution < -0.4 is 15.3 Å². The highest BCUT2D eigenvalue weighted by Gasteiger charge is 2.32. The van der Waals surface area contributed by atoms with E-state index >= 15 is 0 Å². The third kappa shape index (κ3) is 5.66. The molecule has 1 fully saturated rings. The van der Waals surface area contributed by atoms with Crippen molar-refractivity contribution < 1.29 is 9.47 Å². The number of benzene rings is 2. The molecule has 2 N–H and O–H groups in total. The molecule has 1 aliphatic rings. The first-order valence-electron chi connectivity index (χ1n) is 8.60. The molecule has 2 aromatic rings. The van der Waals surface area contributed by atoms with E-state index in [1.165, 1.54) is 5.56 Å². The molecule has 4 nitrogen and oxygen atoms in total. The van der Waals surface area contributed by atoms with Crippen molar-refractivity contribution in [3.8, 4) is 11.5 Å². The number of nitrogens with two attached hydrogens (primary N) is 1. The van der Waals surface area contributed by atoms with Crippen LogP contribution in [0.1, 0.15) is 30.0 Å². The van der Waals surface area contributed by atoms with E-state index in [-0.39, 0.29) is 30.9 Å². The fourth-order valence-corrected chi connectivity index (χ4v) is 3.99. The topological polar surface area (TPSA) is 47.7 Å². The van der Waals surface area contributed by atoms with Crippen LogP contribution in [0.3, 0.4) is 0 Å². The molecule has 0 saturated carbocycles. The second kappa shape index (κ2) is 11.0. The highest BCUT2D eigenvalue weighted by Crippen LogP contribution is 2.39. The van der Waals surface area contributed by atoms with E-state index in [0.717, 1.165) is 47.9 Å². The second-order valence-corrected chi connectivity index (χ2v) is 6.96. The first-order valence-corrected chi connectivity index (χ1v) is 8.98. The van der Waals surface area contributed by atoms with Crippen LogP contribution in [-0.4, -0.2) is 25.8 Å². The molecule has 0 radical (unpaired) electrons. The minimum atomic E-state index is 0. The normalized spacial score (nSPS) is 19.6. The molecule has 2 aromatic carbocycles. The molecule has 0 bridgehead atoms. The molecule has 0 unspecified atom stereocenters. The summed E-state index contributed by atoms with van der Waals surface area (Å²) < 4.78 is 10.9. The van der Waals surface area contributed by atoms with Crippen molar-refractivity contribution in [2.45, 2.75) is 25.3 Å². The van der Waals surface area contributed by atoms with Gasteiger partial charge in [0.25, 0.3) is 0 Å². The monoisotopic (exact) mass is 432 g/mol. The second-order valence-electron chi connectivity index (χ2n) is 6.52. The van der Waals surface area contributed by atoms with Crippen LogP contribution >= 0.6 is 36.4 Å². The van der Waals surface area contributed by atoms with E-state index in [9.17, 15) is 0 Å². The summed E-state index contributed by atoms with van der Waals surface area (Å²) in [5.74, 6) is 8.50. The maximum atomic E-state index is 6.38. The summed E-state index contributed by atoms with van der Waals surface area (Å²) in [7, 11) is 3.39. The lowest BCUT2D eigenvalue weighted by molar-refractivity contribution is 0.0921. The van der Waals surface area contributed by atoms with Gasteiger partial charge in [0.15, 0.2) is 0 Å². The third-order valence-electron chi connectivity index (χ3n) is 4.95. The summed E-state index contributed by atoms with van der Waals surface area (Å²) in [6.07, 6.45) is 3.08. The largest absolute Gasteiger partial charge is 0.497 e. The van der Waals surface area contributed by atoms with Crippen molar-refractivity contribution in [3.63, 3.8) is 0 Å². The van der Waals surface area contributed by atoms with Crippen LogP contribution in [0.2, 0.25) is 5.02 Å². The number of rotatable bonds is 5. The van der Waals surface area contributed by atoms with E-state index < -0.39 is 0 Å². The molecule has 1 heterocycles. The Labute approximate surface area is 178 Å². The summed E-state index contributed by atoms with van der Waals surface area (Å²) in [5, 5.41) is 2.69. The highest BCUT2D eigenvalue weighted by molar-refractivity contribution is 6.30. The van der Waals surface area contributed by atoms with Crippen LogP contribution in [0.15, 0.2) is 42.5 Å². The Morgan fingerprint density at radius 2 is 1.89 bits per heavy atom. The maximum Gasteiger partial charge on any atom is 0.122 e. The fourth-order valence-electron chi connectivity index (χ4n) is 3.80. The molecule has 150 valence electrons. The lowest BCUT2D eigenvalue weighted by atomic mass is 9.81. The zero-order valence-corrected chi connectivity index (χ0v) is 17.9. The highest BCUT2D eigenvalue weighted by atomic mass is 35.5. The zero-order valence-electron chi connectivity index (χ0n) is 15.6. The van der Waals surface area contributed by atoms with E-state index in [1.807, 2.05) is 35.3 Å². The number of hydrogen-bond donors (Lipinski definition) is 1. The molecule has 2 atom stereocenters. The molecule has 3 rings (SSSR count). The average Bonchev–Trinajstić information content (AvgIpc) is 2.62. The van der Waals surface area contributed by atoms with Crippen LogP contribution in [0.5, 0.6) is 11.5 Å². The van der Waals surface area contributed by atoms with Gasteiger partial charge < -0.3 is 9.47 Å². The molecule has 0 amide bonds. The fraction of sp³-hybridized carbons (Fsp3) is 0.400. The standard InChI is InChI=1S/C20H25ClN2O2.2ClH/c1-24-18-7-3-5-15(13-18)20-14(6-4-10-23(20)22)11-16-12-17(21)8-9-19(16)25-2;;/h3,5,7-9,12-14,20H,4,6,10-11,22H2,1-2H3;2*1H/t14-,20-;;/m0../s1. The SMILES string of the molecule is COc1cccc([C@@H]2[C@H](Cc3cc(Cl)ccc3OC)CCCN2N)c1.Cl.Cl. The predicted molar refractivity (Wildman–Crippen MR) is 116 cm³/mol. The number of halogens is 3. The van der Waals surface area contributed by atoms with E-state index in [1.54, 1.807) is 14.2 Å². The first-order chi connectivity index (χ1) is 12.1. The summed E-state index contributed by atoms with van der Waals surface area (Å²) in [6.45, 7) is 0.894. The molecule has 27 heavy (non-hydrogen) atoms. The van der Waals surface area contributed by atoms with Crippen molar-refractivity contribution in [2.24, 2.45) is 11.8 Å². The number of ether oxygens (including phenoxy) is 2. The van der Waals surface area contributed by atoms with Gasteiger partial charge in [0, 0.05) is 11.6 Å². The molecule has 0 aromatic heterocycles. The van der Waals surface area contributed by atoms with Gasteiger partial charge in [-0.3, -0.25) is 5.84 Å². The van der Waals surface area contributed by atoms with E-state index in [0.29, 0.717) is 5.92 Å². The van der Waals surface area contributed by atoms with Gasteiger partial charge in [-0.15, -0.1) is 24.8 Å². The lowest BCUT2D eigenvalue weighted by Crippen LogP contribution is -2.44. The minimum absolute atomic E-state index is 0. The van der Waals surface area contributed by atoms with Crippen LogP contribution in [0.4, 0.5) is 0 Å². The van der Waals surface area contributed by atoms with Crippen molar-refractivity contribution in [1.29, 1.82) is 0 Å². The Morgan fingerprint density at radius 3 is 2.59 bits per heavy atom. The summed E-state index contributed by atoms with van der Waals surface area (Å²) in [5.41, 5.74) is 2.32. The van der Waals surface area contributed by atoms with Gasteiger partial charge in [-0.25, -0.2) is 5.01 Å². The molecular formula is C20H27Cl3N2O2. The quantitative estimate of drug-likeness (QED) is 0.669. The Kier molecular flexibility index (Phi) is 9.71. The lowest BCUT2D eigenvalue weighted by Gasteiger charge is -2.39. The van der Waals surface area contributed by atoms with Crippen LogP contribution in [0.25, 0.3) is 0 Å². The molecule has 1 aliphatic heterocycles. The smallest absolute Gasteiger partial charge is 0.122 e. The third-order valence-corrected chi connectivity index (χ3v) is 5.19. The van der Waals surface area contributed by atoms with E-state index in [2.05, 4.69) is 12.1 Å². The van der Waals surface area contributed by atoms with Crippen molar-refractivity contribution in [1.82, 2.24) is 5.01 Å². The van der Waals surface area contributed by atoms with Crippen molar-refractivity contribution in [2.75, 3.05) is 20.8 Å². The van der Waals surface area contributed by atoms with Crippen LogP contribution in [0, 0.1) is 5.92 Å². The number of hydrogen-bond acceptors (Lipinski definition) is 4. The maximum absolute atomic E-state index is 6.38. The van der Waals surface area contributed by atoms with Gasteiger partial charge in [-0.1, -0.05) is 23.7 Å². The molecule has 7 heteroatoms.